The van der Waals surface area contributed by atoms with E-state index in [1.165, 1.54) is 32.5 Å². The van der Waals surface area contributed by atoms with Gasteiger partial charge in [0, 0.05) is 44.3 Å². The van der Waals surface area contributed by atoms with Gasteiger partial charge in [0.1, 0.15) is 0 Å². The molecule has 4 heteroatoms. The number of nitrogens with one attached hydrogen (secondary N) is 3. The maximum atomic E-state index is 3.33. The largest absolute Gasteiger partial charge is 0.314 e. The van der Waals surface area contributed by atoms with Gasteiger partial charge in [-0.05, 0) is 33.4 Å². The quantitative estimate of drug-likeness (QED) is 0.595. The lowest BCUT2D eigenvalue weighted by Crippen LogP contribution is -2.65. The van der Waals surface area contributed by atoms with Gasteiger partial charge in [-0.1, -0.05) is 13.8 Å². The number of hydrogen-bond acceptors (Lipinski definition) is 4. The summed E-state index contributed by atoms with van der Waals surface area (Å²) < 4.78 is 0. The zero-order valence-electron chi connectivity index (χ0n) is 12.7. The number of nitrogens with zero attached hydrogens (tertiary/aromatic N) is 1. The van der Waals surface area contributed by atoms with Crippen molar-refractivity contribution in [2.75, 3.05) is 46.3 Å². The second-order valence-electron chi connectivity index (χ2n) is 5.41. The summed E-state index contributed by atoms with van der Waals surface area (Å²) in [4.78, 5) is 2.50. The van der Waals surface area contributed by atoms with Crippen LogP contribution >= 0.6 is 0 Å². The Bertz CT molecular complexity index is 210. The van der Waals surface area contributed by atoms with Crippen molar-refractivity contribution in [2.24, 2.45) is 0 Å². The van der Waals surface area contributed by atoms with Crippen LogP contribution in [0.3, 0.4) is 0 Å². The number of rotatable bonds is 0. The van der Waals surface area contributed by atoms with Crippen LogP contribution in [0.25, 0.3) is 0 Å². The molecule has 18 heavy (non-hydrogen) atoms. The molecule has 3 heterocycles. The van der Waals surface area contributed by atoms with E-state index in [4.69, 9.17) is 0 Å². The fourth-order valence-electron chi connectivity index (χ4n) is 2.73. The summed E-state index contributed by atoms with van der Waals surface area (Å²) in [6.07, 6.45) is 2.81. The molecule has 0 bridgehead atoms. The molecule has 3 aliphatic heterocycles. The third-order valence-electron chi connectivity index (χ3n) is 4.10. The Kier molecular flexibility index (Phi) is 7.15. The number of likely N-dealkylation sites (N-methyl/N-ethyl adjacent to an activating group) is 1. The van der Waals surface area contributed by atoms with Gasteiger partial charge in [0.05, 0.1) is 0 Å². The van der Waals surface area contributed by atoms with Gasteiger partial charge in [-0.2, -0.15) is 0 Å². The van der Waals surface area contributed by atoms with Crippen molar-refractivity contribution in [1.29, 1.82) is 0 Å². The summed E-state index contributed by atoms with van der Waals surface area (Å²) >= 11 is 0. The summed E-state index contributed by atoms with van der Waals surface area (Å²) in [5.41, 5.74) is 0.597. The highest BCUT2D eigenvalue weighted by atomic mass is 15.3. The van der Waals surface area contributed by atoms with Crippen molar-refractivity contribution in [2.45, 2.75) is 45.2 Å². The molecule has 0 aromatic heterocycles. The molecule has 3 saturated heterocycles. The van der Waals surface area contributed by atoms with Crippen molar-refractivity contribution < 1.29 is 0 Å². The Hall–Kier alpha value is -0.160. The van der Waals surface area contributed by atoms with Crippen molar-refractivity contribution >= 4 is 0 Å². The Morgan fingerprint density at radius 3 is 2.06 bits per heavy atom. The standard InChI is InChI=1S/C7H14N2.C5H12N2.C2H6/c1-9-4-2-3-7(9)5-8-6-7;1-5-4-6-2-3-7-5;1-2/h8H,2-6H2,1H3;5-7H,2-4H2,1H3;1-2H3. The minimum Gasteiger partial charge on any atom is -0.314 e. The highest BCUT2D eigenvalue weighted by molar-refractivity contribution is 5.04. The number of likely N-dealkylation sites (tertiary alicyclic amines) is 1. The molecule has 0 saturated carbocycles. The first-order valence-electron chi connectivity index (χ1n) is 7.59. The zero-order chi connectivity index (χ0) is 13.4. The zero-order valence-corrected chi connectivity index (χ0v) is 12.7. The highest BCUT2D eigenvalue weighted by Crippen LogP contribution is 2.30. The van der Waals surface area contributed by atoms with E-state index in [2.05, 4.69) is 34.8 Å². The molecule has 3 fully saturated rings. The smallest absolute Gasteiger partial charge is 0.0455 e. The molecule has 1 atom stereocenters. The average molecular weight is 256 g/mol. The van der Waals surface area contributed by atoms with Gasteiger partial charge < -0.3 is 16.0 Å². The van der Waals surface area contributed by atoms with Gasteiger partial charge in [-0.25, -0.2) is 0 Å². The molecule has 0 aliphatic carbocycles. The lowest BCUT2D eigenvalue weighted by atomic mass is 9.90. The molecular weight excluding hydrogens is 224 g/mol. The molecule has 1 spiro atoms. The summed E-state index contributed by atoms with van der Waals surface area (Å²) in [6, 6.07) is 0.675. The molecule has 1 unspecified atom stereocenters. The Balaban J connectivity index is 0.000000163. The van der Waals surface area contributed by atoms with E-state index in [0.717, 1.165) is 19.6 Å². The lowest BCUT2D eigenvalue weighted by molar-refractivity contribution is 0.105. The van der Waals surface area contributed by atoms with Crippen LogP contribution in [0.2, 0.25) is 0 Å². The Morgan fingerprint density at radius 1 is 1.11 bits per heavy atom. The van der Waals surface area contributed by atoms with Crippen molar-refractivity contribution in [1.82, 2.24) is 20.9 Å². The fraction of sp³-hybridized carbons (Fsp3) is 1.00. The molecule has 0 aromatic rings. The van der Waals surface area contributed by atoms with Crippen LogP contribution in [0.4, 0.5) is 0 Å². The van der Waals surface area contributed by atoms with Crippen molar-refractivity contribution in [3.63, 3.8) is 0 Å². The Morgan fingerprint density at radius 2 is 1.83 bits per heavy atom. The first-order valence-corrected chi connectivity index (χ1v) is 7.59. The van der Waals surface area contributed by atoms with Crippen LogP contribution < -0.4 is 16.0 Å². The van der Waals surface area contributed by atoms with E-state index in [9.17, 15) is 0 Å². The van der Waals surface area contributed by atoms with Crippen LogP contribution in [0, 0.1) is 0 Å². The van der Waals surface area contributed by atoms with Crippen LogP contribution in [0.1, 0.15) is 33.6 Å². The maximum absolute atomic E-state index is 3.33. The maximum Gasteiger partial charge on any atom is 0.0455 e. The first kappa shape index (κ1) is 15.9. The van der Waals surface area contributed by atoms with Gasteiger partial charge in [0.15, 0.2) is 0 Å². The predicted molar refractivity (Wildman–Crippen MR) is 79.1 cm³/mol. The van der Waals surface area contributed by atoms with Gasteiger partial charge in [-0.3, -0.25) is 4.90 Å². The lowest BCUT2D eigenvalue weighted by Gasteiger charge is -2.44. The third kappa shape index (κ3) is 4.19. The number of piperazine rings is 1. The third-order valence-corrected chi connectivity index (χ3v) is 4.10. The summed E-state index contributed by atoms with van der Waals surface area (Å²) in [5, 5.41) is 9.92. The monoisotopic (exact) mass is 256 g/mol. The predicted octanol–water partition coefficient (Wildman–Crippen LogP) is 0.648. The van der Waals surface area contributed by atoms with Crippen LogP contribution in [0.5, 0.6) is 0 Å². The van der Waals surface area contributed by atoms with E-state index < -0.39 is 0 Å². The van der Waals surface area contributed by atoms with E-state index in [0.29, 0.717) is 11.6 Å². The topological polar surface area (TPSA) is 39.3 Å². The van der Waals surface area contributed by atoms with Crippen LogP contribution in [-0.2, 0) is 0 Å². The van der Waals surface area contributed by atoms with E-state index in [1.54, 1.807) is 0 Å². The molecule has 3 aliphatic rings. The van der Waals surface area contributed by atoms with Gasteiger partial charge in [0.2, 0.25) is 0 Å². The molecule has 0 radical (unpaired) electrons. The summed E-state index contributed by atoms with van der Waals surface area (Å²) in [5.74, 6) is 0. The second-order valence-corrected chi connectivity index (χ2v) is 5.41. The molecule has 3 N–H and O–H groups in total. The molecule has 108 valence electrons. The fourth-order valence-corrected chi connectivity index (χ4v) is 2.73. The summed E-state index contributed by atoms with van der Waals surface area (Å²) in [7, 11) is 2.24. The SMILES string of the molecule is CC.CC1CNCCN1.CN1CCCC12CNC2. The molecule has 0 aromatic carbocycles. The summed E-state index contributed by atoms with van der Waals surface area (Å²) in [6.45, 7) is 13.3. The van der Waals surface area contributed by atoms with Gasteiger partial charge in [-0.15, -0.1) is 0 Å². The normalized spacial score (nSPS) is 29.7. The van der Waals surface area contributed by atoms with Crippen LogP contribution in [0.15, 0.2) is 0 Å². The van der Waals surface area contributed by atoms with Crippen LogP contribution in [-0.4, -0.2) is 62.8 Å². The number of hydrogen-bond donors (Lipinski definition) is 3. The van der Waals surface area contributed by atoms with Crippen molar-refractivity contribution in [3.05, 3.63) is 0 Å². The van der Waals surface area contributed by atoms with Gasteiger partial charge in [0.25, 0.3) is 0 Å². The molecule has 0 amide bonds. The van der Waals surface area contributed by atoms with Crippen molar-refractivity contribution in [3.8, 4) is 0 Å². The molecule has 4 nitrogen and oxygen atoms in total. The first-order chi connectivity index (χ1) is 8.73. The minimum atomic E-state index is 0.597. The van der Waals surface area contributed by atoms with E-state index in [-0.39, 0.29) is 0 Å². The Labute approximate surface area is 113 Å². The van der Waals surface area contributed by atoms with E-state index >= 15 is 0 Å². The second kappa shape index (κ2) is 8.10. The molecule has 3 rings (SSSR count). The van der Waals surface area contributed by atoms with Gasteiger partial charge >= 0.3 is 0 Å². The minimum absolute atomic E-state index is 0.597. The molecular formula is C14H32N4. The average Bonchev–Trinajstić information content (AvgIpc) is 2.75. The van der Waals surface area contributed by atoms with E-state index in [1.807, 2.05) is 13.8 Å². The highest BCUT2D eigenvalue weighted by Gasteiger charge is 2.43.